The minimum Gasteiger partial charge on any atom is -0.311 e. The molecule has 0 aliphatic rings. The predicted octanol–water partition coefficient (Wildman–Crippen LogP) is 3.47. The molecule has 0 spiro atoms. The molecule has 0 amide bonds. The predicted molar refractivity (Wildman–Crippen MR) is 78.0 cm³/mol. The second kappa shape index (κ2) is 8.09. The lowest BCUT2D eigenvalue weighted by Gasteiger charge is -2.20. The Morgan fingerprint density at radius 2 is 2.24 bits per heavy atom. The van der Waals surface area contributed by atoms with Crippen LogP contribution in [0.15, 0.2) is 12.1 Å². The van der Waals surface area contributed by atoms with Gasteiger partial charge in [-0.1, -0.05) is 31.9 Å². The van der Waals surface area contributed by atoms with Crippen LogP contribution in [0, 0.1) is 5.92 Å². The van der Waals surface area contributed by atoms with E-state index < -0.39 is 0 Å². The van der Waals surface area contributed by atoms with Crippen LogP contribution in [0.1, 0.15) is 25.1 Å². The lowest BCUT2D eigenvalue weighted by Crippen LogP contribution is -2.31. The van der Waals surface area contributed by atoms with Gasteiger partial charge in [0, 0.05) is 31.1 Å². The number of rotatable bonds is 8. The molecule has 0 aliphatic carbocycles. The Bertz CT molecular complexity index is 314. The van der Waals surface area contributed by atoms with Gasteiger partial charge in [-0.25, -0.2) is 0 Å². The monoisotopic (exact) mass is 274 g/mol. The van der Waals surface area contributed by atoms with Crippen molar-refractivity contribution in [2.24, 2.45) is 5.92 Å². The van der Waals surface area contributed by atoms with Gasteiger partial charge in [0.2, 0.25) is 0 Å². The molecule has 1 aromatic heterocycles. The Kier molecular flexibility index (Phi) is 7.12. The first-order chi connectivity index (χ1) is 8.11. The van der Waals surface area contributed by atoms with Gasteiger partial charge in [0.05, 0.1) is 4.34 Å². The number of halogens is 1. The molecule has 98 valence electrons. The molecule has 0 radical (unpaired) electrons. The summed E-state index contributed by atoms with van der Waals surface area (Å²) in [5.74, 6) is 0.788. The molecule has 0 aliphatic heterocycles. The zero-order valence-electron chi connectivity index (χ0n) is 11.0. The first-order valence-electron chi connectivity index (χ1n) is 6.25. The van der Waals surface area contributed by atoms with E-state index >= 15 is 0 Å². The van der Waals surface area contributed by atoms with Gasteiger partial charge in [-0.2, -0.15) is 0 Å². The molecule has 0 saturated heterocycles. The highest BCUT2D eigenvalue weighted by Crippen LogP contribution is 2.20. The Hall–Kier alpha value is -0.0900. The van der Waals surface area contributed by atoms with Crippen LogP contribution >= 0.6 is 22.9 Å². The summed E-state index contributed by atoms with van der Waals surface area (Å²) in [6.07, 6.45) is 1.26. The Morgan fingerprint density at radius 3 is 2.82 bits per heavy atom. The SMILES string of the molecule is CCC(C)CN(C)CCNCc1ccc(Cl)s1. The fraction of sp³-hybridized carbons (Fsp3) is 0.692. The van der Waals surface area contributed by atoms with Gasteiger partial charge in [0.1, 0.15) is 0 Å². The summed E-state index contributed by atoms with van der Waals surface area (Å²) < 4.78 is 0.871. The smallest absolute Gasteiger partial charge is 0.0931 e. The van der Waals surface area contributed by atoms with E-state index in [9.17, 15) is 0 Å². The third-order valence-corrected chi connectivity index (χ3v) is 4.15. The lowest BCUT2D eigenvalue weighted by atomic mass is 10.1. The number of hydrogen-bond acceptors (Lipinski definition) is 3. The second-order valence-corrected chi connectivity index (χ2v) is 6.46. The molecule has 0 bridgehead atoms. The van der Waals surface area contributed by atoms with Crippen molar-refractivity contribution in [1.82, 2.24) is 10.2 Å². The standard InChI is InChI=1S/C13H23ClN2S/c1-4-11(2)10-16(3)8-7-15-9-12-5-6-13(14)17-12/h5-6,11,15H,4,7-10H2,1-3H3. The van der Waals surface area contributed by atoms with E-state index in [0.717, 1.165) is 29.9 Å². The minimum absolute atomic E-state index is 0.788. The molecule has 1 atom stereocenters. The summed E-state index contributed by atoms with van der Waals surface area (Å²) in [5, 5.41) is 3.45. The fourth-order valence-electron chi connectivity index (χ4n) is 1.68. The molecule has 0 aromatic carbocycles. The molecular weight excluding hydrogens is 252 g/mol. The molecule has 2 nitrogen and oxygen atoms in total. The number of thiophene rings is 1. The summed E-state index contributed by atoms with van der Waals surface area (Å²) in [6.45, 7) is 8.79. The molecule has 17 heavy (non-hydrogen) atoms. The molecule has 1 heterocycles. The van der Waals surface area contributed by atoms with Crippen LogP contribution in [0.25, 0.3) is 0 Å². The van der Waals surface area contributed by atoms with E-state index in [1.807, 2.05) is 6.07 Å². The summed E-state index contributed by atoms with van der Waals surface area (Å²) in [7, 11) is 2.19. The quantitative estimate of drug-likeness (QED) is 0.731. The largest absolute Gasteiger partial charge is 0.311 e. The molecule has 0 fully saturated rings. The maximum Gasteiger partial charge on any atom is 0.0931 e. The van der Waals surface area contributed by atoms with Crippen LogP contribution in [0.3, 0.4) is 0 Å². The number of hydrogen-bond donors (Lipinski definition) is 1. The van der Waals surface area contributed by atoms with Gasteiger partial charge in [-0.05, 0) is 25.1 Å². The van der Waals surface area contributed by atoms with E-state index in [1.165, 1.54) is 17.8 Å². The van der Waals surface area contributed by atoms with E-state index in [0.29, 0.717) is 0 Å². The van der Waals surface area contributed by atoms with Gasteiger partial charge in [-0.15, -0.1) is 11.3 Å². The molecular formula is C13H23ClN2S. The Balaban J connectivity index is 2.07. The normalized spacial score (nSPS) is 13.2. The molecule has 0 saturated carbocycles. The molecule has 1 N–H and O–H groups in total. The molecule has 1 aromatic rings. The molecule has 1 unspecified atom stereocenters. The third-order valence-electron chi connectivity index (χ3n) is 2.92. The van der Waals surface area contributed by atoms with Gasteiger partial charge in [0.25, 0.3) is 0 Å². The van der Waals surface area contributed by atoms with Crippen molar-refractivity contribution in [3.05, 3.63) is 21.3 Å². The van der Waals surface area contributed by atoms with E-state index in [1.54, 1.807) is 11.3 Å². The van der Waals surface area contributed by atoms with Crippen molar-refractivity contribution in [1.29, 1.82) is 0 Å². The maximum absolute atomic E-state index is 5.88. The van der Waals surface area contributed by atoms with Crippen LogP contribution < -0.4 is 5.32 Å². The summed E-state index contributed by atoms with van der Waals surface area (Å²) in [6, 6.07) is 4.04. The highest BCUT2D eigenvalue weighted by atomic mass is 35.5. The van der Waals surface area contributed by atoms with Crippen molar-refractivity contribution in [3.63, 3.8) is 0 Å². The van der Waals surface area contributed by atoms with Gasteiger partial charge >= 0.3 is 0 Å². The van der Waals surface area contributed by atoms with E-state index in [-0.39, 0.29) is 0 Å². The van der Waals surface area contributed by atoms with Crippen LogP contribution in [0.5, 0.6) is 0 Å². The average molecular weight is 275 g/mol. The van der Waals surface area contributed by atoms with Crippen LogP contribution in [-0.2, 0) is 6.54 Å². The summed E-state index contributed by atoms with van der Waals surface area (Å²) >= 11 is 7.53. The first-order valence-corrected chi connectivity index (χ1v) is 7.44. The topological polar surface area (TPSA) is 15.3 Å². The zero-order chi connectivity index (χ0) is 12.7. The third kappa shape index (κ3) is 6.41. The highest BCUT2D eigenvalue weighted by Gasteiger charge is 2.03. The number of nitrogens with one attached hydrogen (secondary N) is 1. The van der Waals surface area contributed by atoms with Crippen molar-refractivity contribution >= 4 is 22.9 Å². The Morgan fingerprint density at radius 1 is 1.47 bits per heavy atom. The highest BCUT2D eigenvalue weighted by molar-refractivity contribution is 7.16. The Labute approximate surface area is 114 Å². The first kappa shape index (κ1) is 15.0. The lowest BCUT2D eigenvalue weighted by molar-refractivity contribution is 0.281. The van der Waals surface area contributed by atoms with Crippen LogP contribution in [-0.4, -0.2) is 31.6 Å². The molecule has 4 heteroatoms. The molecule has 1 rings (SSSR count). The zero-order valence-corrected chi connectivity index (χ0v) is 12.6. The summed E-state index contributed by atoms with van der Waals surface area (Å²) in [5.41, 5.74) is 0. The van der Waals surface area contributed by atoms with Gasteiger partial charge < -0.3 is 10.2 Å². The van der Waals surface area contributed by atoms with E-state index in [4.69, 9.17) is 11.6 Å². The van der Waals surface area contributed by atoms with Crippen molar-refractivity contribution in [2.75, 3.05) is 26.7 Å². The van der Waals surface area contributed by atoms with E-state index in [2.05, 4.69) is 37.2 Å². The van der Waals surface area contributed by atoms with Crippen LogP contribution in [0.4, 0.5) is 0 Å². The number of nitrogens with zero attached hydrogens (tertiary/aromatic N) is 1. The maximum atomic E-state index is 5.88. The van der Waals surface area contributed by atoms with Crippen molar-refractivity contribution in [3.8, 4) is 0 Å². The fourth-order valence-corrected chi connectivity index (χ4v) is 2.74. The van der Waals surface area contributed by atoms with Crippen molar-refractivity contribution in [2.45, 2.75) is 26.8 Å². The van der Waals surface area contributed by atoms with Crippen molar-refractivity contribution < 1.29 is 0 Å². The number of likely N-dealkylation sites (N-methyl/N-ethyl adjacent to an activating group) is 1. The van der Waals surface area contributed by atoms with Crippen LogP contribution in [0.2, 0.25) is 4.34 Å². The average Bonchev–Trinajstić information content (AvgIpc) is 2.70. The second-order valence-electron chi connectivity index (χ2n) is 4.66. The summed E-state index contributed by atoms with van der Waals surface area (Å²) in [4.78, 5) is 3.70. The van der Waals surface area contributed by atoms with Gasteiger partial charge in [0.15, 0.2) is 0 Å². The minimum atomic E-state index is 0.788. The van der Waals surface area contributed by atoms with Gasteiger partial charge in [-0.3, -0.25) is 0 Å².